The van der Waals surface area contributed by atoms with Crippen molar-refractivity contribution in [1.29, 1.82) is 0 Å². The van der Waals surface area contributed by atoms with Gasteiger partial charge in [-0.15, -0.1) is 0 Å². The molecule has 3 rings (SSSR count). The fraction of sp³-hybridized carbons (Fsp3) is 0.500. The van der Waals surface area contributed by atoms with E-state index in [-0.39, 0.29) is 18.3 Å². The maximum absolute atomic E-state index is 13.7. The Balaban J connectivity index is 2.19. The molecule has 1 heterocycles. The molecule has 0 aromatic heterocycles. The standard InChI is InChI=1S/C26H33NO7/c1-7-11-34-26(30)21-15(4)27-17-12-14(3)20(25(29)32-6)24(28)23(17)22(21)16-9-10-18(33-8-2)19(13-16)31-5/h9-10,13-14,20,22,27H,7-8,11-12H2,1-6H3. The summed E-state index contributed by atoms with van der Waals surface area (Å²) in [5.41, 5.74) is 2.72. The summed E-state index contributed by atoms with van der Waals surface area (Å²) in [5.74, 6) is -2.29. The van der Waals surface area contributed by atoms with Crippen molar-refractivity contribution in [1.82, 2.24) is 5.32 Å². The molecule has 1 aromatic carbocycles. The van der Waals surface area contributed by atoms with Crippen LogP contribution in [-0.2, 0) is 23.9 Å². The van der Waals surface area contributed by atoms with Gasteiger partial charge in [-0.1, -0.05) is 19.9 Å². The minimum absolute atomic E-state index is 0.247. The zero-order valence-electron chi connectivity index (χ0n) is 20.7. The molecule has 1 aliphatic carbocycles. The van der Waals surface area contributed by atoms with Crippen molar-refractivity contribution in [2.45, 2.75) is 46.5 Å². The molecule has 3 atom stereocenters. The molecule has 184 valence electrons. The van der Waals surface area contributed by atoms with Gasteiger partial charge in [-0.05, 0) is 50.3 Å². The van der Waals surface area contributed by atoms with Gasteiger partial charge in [0, 0.05) is 22.9 Å². The average molecular weight is 472 g/mol. The lowest BCUT2D eigenvalue weighted by molar-refractivity contribution is -0.151. The Bertz CT molecular complexity index is 1040. The molecule has 0 amide bonds. The summed E-state index contributed by atoms with van der Waals surface area (Å²) in [6.07, 6.45) is 1.14. The third-order valence-electron chi connectivity index (χ3n) is 6.22. The molecule has 0 radical (unpaired) electrons. The highest BCUT2D eigenvalue weighted by Crippen LogP contribution is 2.46. The molecule has 1 N–H and O–H groups in total. The molecule has 3 unspecified atom stereocenters. The molecule has 1 aliphatic heterocycles. The topological polar surface area (TPSA) is 100 Å². The Morgan fingerprint density at radius 3 is 2.50 bits per heavy atom. The number of methoxy groups -OCH3 is 2. The van der Waals surface area contributed by atoms with Gasteiger partial charge in [0.1, 0.15) is 5.92 Å². The van der Waals surface area contributed by atoms with Crippen LogP contribution in [0.2, 0.25) is 0 Å². The zero-order chi connectivity index (χ0) is 25.0. The Hall–Kier alpha value is -3.29. The van der Waals surface area contributed by atoms with E-state index in [0.717, 1.165) is 0 Å². The number of rotatable bonds is 8. The molecule has 0 fully saturated rings. The molecule has 0 saturated heterocycles. The lowest BCUT2D eigenvalue weighted by Crippen LogP contribution is -2.43. The van der Waals surface area contributed by atoms with Gasteiger partial charge < -0.3 is 24.3 Å². The van der Waals surface area contributed by atoms with E-state index in [4.69, 9.17) is 18.9 Å². The minimum Gasteiger partial charge on any atom is -0.493 e. The summed E-state index contributed by atoms with van der Waals surface area (Å²) in [4.78, 5) is 39.4. The van der Waals surface area contributed by atoms with Crippen molar-refractivity contribution < 1.29 is 33.3 Å². The van der Waals surface area contributed by atoms with Gasteiger partial charge in [0.25, 0.3) is 0 Å². The summed E-state index contributed by atoms with van der Waals surface area (Å²) in [6, 6.07) is 5.34. The summed E-state index contributed by atoms with van der Waals surface area (Å²) < 4.78 is 21.6. The highest BCUT2D eigenvalue weighted by atomic mass is 16.5. The fourth-order valence-corrected chi connectivity index (χ4v) is 4.70. The van der Waals surface area contributed by atoms with Gasteiger partial charge >= 0.3 is 11.9 Å². The molecular formula is C26H33NO7. The van der Waals surface area contributed by atoms with E-state index >= 15 is 0 Å². The molecule has 8 heteroatoms. The van der Waals surface area contributed by atoms with Crippen LogP contribution < -0.4 is 14.8 Å². The van der Waals surface area contributed by atoms with Crippen molar-refractivity contribution in [3.8, 4) is 11.5 Å². The molecule has 34 heavy (non-hydrogen) atoms. The molecule has 0 saturated carbocycles. The number of nitrogens with one attached hydrogen (secondary N) is 1. The lowest BCUT2D eigenvalue weighted by Gasteiger charge is -2.38. The molecule has 2 aliphatic rings. The average Bonchev–Trinajstić information content (AvgIpc) is 2.81. The van der Waals surface area contributed by atoms with E-state index in [1.807, 2.05) is 26.8 Å². The zero-order valence-corrected chi connectivity index (χ0v) is 20.7. The number of allylic oxidation sites excluding steroid dienone is 3. The second kappa shape index (κ2) is 10.8. The van der Waals surface area contributed by atoms with E-state index in [2.05, 4.69) is 5.32 Å². The molecule has 1 aromatic rings. The van der Waals surface area contributed by atoms with Gasteiger partial charge in [-0.2, -0.15) is 0 Å². The van der Waals surface area contributed by atoms with E-state index in [1.54, 1.807) is 19.1 Å². The van der Waals surface area contributed by atoms with Crippen LogP contribution in [0.25, 0.3) is 0 Å². The molecule has 0 bridgehead atoms. The van der Waals surface area contributed by atoms with Crippen LogP contribution in [0, 0.1) is 11.8 Å². The van der Waals surface area contributed by atoms with E-state index in [1.165, 1.54) is 14.2 Å². The number of carbonyl (C=O) groups excluding carboxylic acids is 3. The van der Waals surface area contributed by atoms with Crippen LogP contribution in [0.15, 0.2) is 40.7 Å². The fourth-order valence-electron chi connectivity index (χ4n) is 4.70. The number of ether oxygens (including phenoxy) is 4. The van der Waals surface area contributed by atoms with Gasteiger partial charge in [0.2, 0.25) is 0 Å². The second-order valence-corrected chi connectivity index (χ2v) is 8.51. The highest BCUT2D eigenvalue weighted by Gasteiger charge is 2.47. The third kappa shape index (κ3) is 4.67. The molecular weight excluding hydrogens is 438 g/mol. The number of Topliss-reactive ketones (excluding diaryl/α,β-unsaturated/α-hetero) is 1. The maximum atomic E-state index is 13.7. The number of hydrogen-bond acceptors (Lipinski definition) is 8. The number of ketones is 1. The van der Waals surface area contributed by atoms with E-state index < -0.39 is 23.8 Å². The number of dihydropyridines is 1. The van der Waals surface area contributed by atoms with Gasteiger partial charge in [-0.3, -0.25) is 9.59 Å². The largest absolute Gasteiger partial charge is 0.493 e. The number of esters is 2. The third-order valence-corrected chi connectivity index (χ3v) is 6.22. The van der Waals surface area contributed by atoms with Gasteiger partial charge in [0.05, 0.1) is 33.0 Å². The smallest absolute Gasteiger partial charge is 0.336 e. The Kier molecular flexibility index (Phi) is 8.02. The van der Waals surface area contributed by atoms with Crippen LogP contribution >= 0.6 is 0 Å². The normalized spacial score (nSPS) is 22.1. The molecule has 0 spiro atoms. The highest BCUT2D eigenvalue weighted by molar-refractivity contribution is 6.12. The first-order valence-corrected chi connectivity index (χ1v) is 11.6. The van der Waals surface area contributed by atoms with E-state index in [0.29, 0.717) is 59.1 Å². The summed E-state index contributed by atoms with van der Waals surface area (Å²) >= 11 is 0. The number of benzene rings is 1. The lowest BCUT2D eigenvalue weighted by atomic mass is 9.69. The minimum atomic E-state index is -0.941. The predicted molar refractivity (Wildman–Crippen MR) is 125 cm³/mol. The summed E-state index contributed by atoms with van der Waals surface area (Å²) in [6.45, 7) is 8.16. The Morgan fingerprint density at radius 1 is 1.15 bits per heavy atom. The molecule has 8 nitrogen and oxygen atoms in total. The predicted octanol–water partition coefficient (Wildman–Crippen LogP) is 3.66. The van der Waals surface area contributed by atoms with Crippen molar-refractivity contribution in [2.24, 2.45) is 11.8 Å². The van der Waals surface area contributed by atoms with Crippen LogP contribution in [0.5, 0.6) is 11.5 Å². The van der Waals surface area contributed by atoms with Crippen molar-refractivity contribution >= 4 is 17.7 Å². The van der Waals surface area contributed by atoms with Crippen molar-refractivity contribution in [3.05, 3.63) is 46.3 Å². The second-order valence-electron chi connectivity index (χ2n) is 8.51. The Morgan fingerprint density at radius 2 is 1.88 bits per heavy atom. The first-order valence-electron chi connectivity index (χ1n) is 11.6. The van der Waals surface area contributed by atoms with Gasteiger partial charge in [-0.25, -0.2) is 4.79 Å². The van der Waals surface area contributed by atoms with Crippen LogP contribution in [0.3, 0.4) is 0 Å². The first kappa shape index (κ1) is 25.3. The van der Waals surface area contributed by atoms with Crippen LogP contribution in [0.1, 0.15) is 52.0 Å². The monoisotopic (exact) mass is 471 g/mol. The van der Waals surface area contributed by atoms with Crippen molar-refractivity contribution in [2.75, 3.05) is 27.4 Å². The maximum Gasteiger partial charge on any atom is 0.336 e. The van der Waals surface area contributed by atoms with Crippen LogP contribution in [0.4, 0.5) is 0 Å². The summed E-state index contributed by atoms with van der Waals surface area (Å²) in [5, 5.41) is 3.25. The SMILES string of the molecule is CCCOC(=O)C1=C(C)NC2=C(C(=O)C(C(=O)OC)C(C)C2)C1c1ccc(OCC)c(OC)c1. The number of carbonyl (C=O) groups is 3. The van der Waals surface area contributed by atoms with Crippen molar-refractivity contribution in [3.63, 3.8) is 0 Å². The number of hydrogen-bond donors (Lipinski definition) is 1. The Labute approximate surface area is 200 Å². The van der Waals surface area contributed by atoms with Gasteiger partial charge in [0.15, 0.2) is 17.3 Å². The van der Waals surface area contributed by atoms with E-state index in [9.17, 15) is 14.4 Å². The first-order chi connectivity index (χ1) is 16.3. The quantitative estimate of drug-likeness (QED) is 0.453. The van der Waals surface area contributed by atoms with Crippen LogP contribution in [-0.4, -0.2) is 45.2 Å². The summed E-state index contributed by atoms with van der Waals surface area (Å²) in [7, 11) is 2.81.